The number of hydrogen-bond donors (Lipinski definition) is 1. The third-order valence-corrected chi connectivity index (χ3v) is 4.13. The zero-order valence-corrected chi connectivity index (χ0v) is 13.0. The fourth-order valence-electron chi connectivity index (χ4n) is 2.80. The number of aliphatic imine (C=N–C) groups is 1. The van der Waals surface area contributed by atoms with E-state index in [-0.39, 0.29) is 17.8 Å². The van der Waals surface area contributed by atoms with Crippen molar-refractivity contribution in [3.8, 4) is 0 Å². The molecule has 1 N–H and O–H groups in total. The molecular weight excluding hydrogens is 317 g/mol. The molecular formula is C16H14FN3O4. The number of carbonyl (C=O) groups is 1. The fourth-order valence-corrected chi connectivity index (χ4v) is 2.80. The highest BCUT2D eigenvalue weighted by molar-refractivity contribution is 6.06. The van der Waals surface area contributed by atoms with Gasteiger partial charge < -0.3 is 5.11 Å². The summed E-state index contributed by atoms with van der Waals surface area (Å²) >= 11 is 0. The second-order valence-electron chi connectivity index (χ2n) is 5.60. The van der Waals surface area contributed by atoms with Gasteiger partial charge in [0, 0.05) is 20.5 Å². The average molecular weight is 331 g/mol. The van der Waals surface area contributed by atoms with E-state index in [1.54, 1.807) is 0 Å². The van der Waals surface area contributed by atoms with E-state index in [1.807, 2.05) is 0 Å². The number of benzene rings is 1. The van der Waals surface area contributed by atoms with Crippen LogP contribution in [0.15, 0.2) is 38.8 Å². The van der Waals surface area contributed by atoms with Crippen LogP contribution in [-0.4, -0.2) is 25.9 Å². The van der Waals surface area contributed by atoms with Crippen molar-refractivity contribution in [1.29, 1.82) is 0 Å². The molecule has 0 bridgehead atoms. The molecule has 0 amide bonds. The Kier molecular flexibility index (Phi) is 3.67. The molecule has 8 heteroatoms. The van der Waals surface area contributed by atoms with Crippen LogP contribution in [0.2, 0.25) is 0 Å². The molecule has 24 heavy (non-hydrogen) atoms. The lowest BCUT2D eigenvalue weighted by molar-refractivity contribution is -0.138. The van der Waals surface area contributed by atoms with Gasteiger partial charge >= 0.3 is 11.7 Å². The molecule has 0 aliphatic carbocycles. The SMILES string of the molecule is Cn1c2c(c(=O)n(C)c1=O)C(C(=O)O)CC(c1ccc(F)cc1)=N2. The lowest BCUT2D eigenvalue weighted by Gasteiger charge is -2.23. The van der Waals surface area contributed by atoms with Crippen molar-refractivity contribution in [2.24, 2.45) is 19.1 Å². The van der Waals surface area contributed by atoms with E-state index < -0.39 is 29.0 Å². The molecule has 124 valence electrons. The first-order chi connectivity index (χ1) is 11.3. The molecule has 0 radical (unpaired) electrons. The number of hydrogen-bond acceptors (Lipinski definition) is 4. The minimum atomic E-state index is -1.18. The molecule has 1 aromatic carbocycles. The average Bonchev–Trinajstić information content (AvgIpc) is 2.57. The van der Waals surface area contributed by atoms with E-state index in [4.69, 9.17) is 0 Å². The van der Waals surface area contributed by atoms with Crippen molar-refractivity contribution >= 4 is 17.5 Å². The molecule has 2 heterocycles. The minimum absolute atomic E-state index is 0.0125. The number of nitrogens with zero attached hydrogens (tertiary/aromatic N) is 3. The van der Waals surface area contributed by atoms with Crippen LogP contribution < -0.4 is 11.2 Å². The summed E-state index contributed by atoms with van der Waals surface area (Å²) in [4.78, 5) is 40.4. The molecule has 1 unspecified atom stereocenters. The van der Waals surface area contributed by atoms with Crippen molar-refractivity contribution < 1.29 is 14.3 Å². The molecule has 1 aromatic heterocycles. The Balaban J connectivity index is 2.31. The van der Waals surface area contributed by atoms with Gasteiger partial charge in [-0.1, -0.05) is 12.1 Å². The Morgan fingerprint density at radius 1 is 1.21 bits per heavy atom. The molecule has 1 aliphatic rings. The molecule has 1 atom stereocenters. The van der Waals surface area contributed by atoms with Gasteiger partial charge in [-0.25, -0.2) is 14.2 Å². The summed E-state index contributed by atoms with van der Waals surface area (Å²) in [6, 6.07) is 5.45. The molecule has 0 saturated heterocycles. The van der Waals surface area contributed by atoms with Crippen molar-refractivity contribution in [3.05, 3.63) is 62.0 Å². The minimum Gasteiger partial charge on any atom is -0.481 e. The van der Waals surface area contributed by atoms with Crippen LogP contribution in [0.1, 0.15) is 23.5 Å². The quantitative estimate of drug-likeness (QED) is 0.885. The van der Waals surface area contributed by atoms with Gasteiger partial charge in [0.2, 0.25) is 0 Å². The Bertz CT molecular complexity index is 986. The molecule has 7 nitrogen and oxygen atoms in total. The lowest BCUT2D eigenvalue weighted by Crippen LogP contribution is -2.42. The zero-order chi connectivity index (χ0) is 17.6. The van der Waals surface area contributed by atoms with E-state index in [2.05, 4.69) is 4.99 Å². The van der Waals surface area contributed by atoms with E-state index in [0.29, 0.717) is 11.3 Å². The van der Waals surface area contributed by atoms with Crippen LogP contribution in [-0.2, 0) is 18.9 Å². The van der Waals surface area contributed by atoms with Crippen LogP contribution in [0.3, 0.4) is 0 Å². The Labute approximate surface area is 135 Å². The van der Waals surface area contributed by atoms with Gasteiger partial charge in [-0.3, -0.25) is 18.7 Å². The number of fused-ring (bicyclic) bond motifs is 1. The Hall–Kier alpha value is -3.03. The van der Waals surface area contributed by atoms with Gasteiger partial charge in [0.15, 0.2) is 0 Å². The van der Waals surface area contributed by atoms with Crippen LogP contribution >= 0.6 is 0 Å². The normalized spacial score (nSPS) is 16.5. The smallest absolute Gasteiger partial charge is 0.332 e. The standard InChI is InChI=1S/C16H14FN3O4/c1-19-13-12(14(21)20(2)16(19)24)10(15(22)23)7-11(18-13)8-3-5-9(17)6-4-8/h3-6,10H,7H2,1-2H3,(H,22,23). The maximum atomic E-state index is 13.1. The number of rotatable bonds is 2. The monoisotopic (exact) mass is 331 g/mol. The highest BCUT2D eigenvalue weighted by Gasteiger charge is 2.34. The number of aliphatic carboxylic acids is 1. The van der Waals surface area contributed by atoms with E-state index in [9.17, 15) is 23.9 Å². The first kappa shape index (κ1) is 15.9. The summed E-state index contributed by atoms with van der Waals surface area (Å²) in [5.74, 6) is -2.70. The molecule has 2 aromatic rings. The molecule has 0 fully saturated rings. The van der Waals surface area contributed by atoms with E-state index in [1.165, 1.54) is 38.4 Å². The summed E-state index contributed by atoms with van der Waals surface area (Å²) < 4.78 is 15.1. The van der Waals surface area contributed by atoms with Crippen LogP contribution in [0.4, 0.5) is 10.2 Å². The maximum Gasteiger partial charge on any atom is 0.332 e. The summed E-state index contributed by atoms with van der Waals surface area (Å²) in [6.45, 7) is 0. The molecule has 3 rings (SSSR count). The van der Waals surface area contributed by atoms with E-state index in [0.717, 1.165) is 9.13 Å². The summed E-state index contributed by atoms with van der Waals surface area (Å²) in [5, 5.41) is 9.52. The predicted octanol–water partition coefficient (Wildman–Crippen LogP) is 0.916. The van der Waals surface area contributed by atoms with Gasteiger partial charge in [0.05, 0.1) is 17.2 Å². The highest BCUT2D eigenvalue weighted by atomic mass is 19.1. The molecule has 1 aliphatic heterocycles. The van der Waals surface area contributed by atoms with Crippen LogP contribution in [0.25, 0.3) is 0 Å². The number of carboxylic acid groups (broad SMARTS) is 1. The second-order valence-corrected chi connectivity index (χ2v) is 5.60. The van der Waals surface area contributed by atoms with Crippen LogP contribution in [0, 0.1) is 5.82 Å². The van der Waals surface area contributed by atoms with E-state index >= 15 is 0 Å². The second kappa shape index (κ2) is 5.55. The van der Waals surface area contributed by atoms with Crippen molar-refractivity contribution in [2.75, 3.05) is 0 Å². The first-order valence-electron chi connectivity index (χ1n) is 7.17. The molecule has 0 spiro atoms. The summed E-state index contributed by atoms with van der Waals surface area (Å²) in [6.07, 6.45) is -0.0125. The van der Waals surface area contributed by atoms with Gasteiger partial charge in [0.25, 0.3) is 5.56 Å². The lowest BCUT2D eigenvalue weighted by atomic mass is 9.89. The van der Waals surface area contributed by atoms with Crippen LogP contribution in [0.5, 0.6) is 0 Å². The van der Waals surface area contributed by atoms with Crippen molar-refractivity contribution in [3.63, 3.8) is 0 Å². The van der Waals surface area contributed by atoms with Crippen molar-refractivity contribution in [2.45, 2.75) is 12.3 Å². The molecule has 0 saturated carbocycles. The Morgan fingerprint density at radius 2 is 1.83 bits per heavy atom. The predicted molar refractivity (Wildman–Crippen MR) is 84.5 cm³/mol. The number of halogens is 1. The van der Waals surface area contributed by atoms with Crippen molar-refractivity contribution in [1.82, 2.24) is 9.13 Å². The highest BCUT2D eigenvalue weighted by Crippen LogP contribution is 2.33. The van der Waals surface area contributed by atoms with Gasteiger partial charge in [-0.15, -0.1) is 0 Å². The zero-order valence-electron chi connectivity index (χ0n) is 13.0. The number of carboxylic acids is 1. The number of aromatic nitrogens is 2. The maximum absolute atomic E-state index is 13.1. The third kappa shape index (κ3) is 2.36. The fraction of sp³-hybridized carbons (Fsp3) is 0.250. The van der Waals surface area contributed by atoms with Gasteiger partial charge in [-0.05, 0) is 17.7 Å². The Morgan fingerprint density at radius 3 is 2.42 bits per heavy atom. The third-order valence-electron chi connectivity index (χ3n) is 4.13. The topological polar surface area (TPSA) is 93.7 Å². The van der Waals surface area contributed by atoms with Gasteiger partial charge in [0.1, 0.15) is 11.6 Å². The largest absolute Gasteiger partial charge is 0.481 e. The summed E-state index contributed by atoms with van der Waals surface area (Å²) in [5.41, 5.74) is -0.341. The summed E-state index contributed by atoms with van der Waals surface area (Å²) in [7, 11) is 2.72. The van der Waals surface area contributed by atoms with Gasteiger partial charge in [-0.2, -0.15) is 0 Å². The first-order valence-corrected chi connectivity index (χ1v) is 7.17.